The summed E-state index contributed by atoms with van der Waals surface area (Å²) in [6.45, 7) is 0. The zero-order valence-electron chi connectivity index (χ0n) is 15.8. The summed E-state index contributed by atoms with van der Waals surface area (Å²) in [5.41, 5.74) is 5.46. The highest BCUT2D eigenvalue weighted by molar-refractivity contribution is 7.21. The zero-order valence-corrected chi connectivity index (χ0v) is 16.6. The van der Waals surface area contributed by atoms with Gasteiger partial charge in [0.05, 0.1) is 15.8 Å². The van der Waals surface area contributed by atoms with E-state index in [1.165, 1.54) is 35.3 Å². The van der Waals surface area contributed by atoms with Gasteiger partial charge >= 0.3 is 0 Å². The lowest BCUT2D eigenvalue weighted by Crippen LogP contribution is -2.13. The van der Waals surface area contributed by atoms with Crippen LogP contribution in [0.3, 0.4) is 0 Å². The van der Waals surface area contributed by atoms with Crippen LogP contribution < -0.4 is 5.32 Å². The molecule has 1 heterocycles. The van der Waals surface area contributed by atoms with Crippen molar-refractivity contribution in [2.45, 2.75) is 25.7 Å². The highest BCUT2D eigenvalue weighted by Gasteiger charge is 2.15. The van der Waals surface area contributed by atoms with E-state index in [0.29, 0.717) is 16.8 Å². The van der Waals surface area contributed by atoms with Crippen LogP contribution in [0.15, 0.2) is 60.7 Å². The molecule has 29 heavy (non-hydrogen) atoms. The number of phenolic OH excluding ortho intramolecular Hbond substituents is 1. The smallest absolute Gasteiger partial charge is 0.255 e. The van der Waals surface area contributed by atoms with E-state index in [9.17, 15) is 9.90 Å². The van der Waals surface area contributed by atoms with Crippen molar-refractivity contribution in [2.75, 3.05) is 5.32 Å². The van der Waals surface area contributed by atoms with Crippen LogP contribution in [0, 0.1) is 0 Å². The number of aromatic nitrogens is 1. The molecule has 0 saturated heterocycles. The molecule has 0 bridgehead atoms. The summed E-state index contributed by atoms with van der Waals surface area (Å²) < 4.78 is 1.06. The van der Waals surface area contributed by atoms with Crippen molar-refractivity contribution in [1.82, 2.24) is 4.98 Å². The number of thiazole rings is 1. The van der Waals surface area contributed by atoms with E-state index < -0.39 is 0 Å². The van der Waals surface area contributed by atoms with Gasteiger partial charge in [-0.3, -0.25) is 4.79 Å². The lowest BCUT2D eigenvalue weighted by atomic mass is 9.90. The van der Waals surface area contributed by atoms with Crippen molar-refractivity contribution in [1.29, 1.82) is 0 Å². The minimum absolute atomic E-state index is 0.140. The second-order valence-electron chi connectivity index (χ2n) is 7.36. The molecule has 1 aromatic heterocycles. The van der Waals surface area contributed by atoms with Gasteiger partial charge in [-0.2, -0.15) is 0 Å². The second-order valence-corrected chi connectivity index (χ2v) is 8.39. The Hall–Kier alpha value is -3.18. The highest BCUT2D eigenvalue weighted by atomic mass is 32.1. The molecule has 5 heteroatoms. The molecule has 2 N–H and O–H groups in total. The number of phenols is 1. The molecule has 0 aliphatic heterocycles. The molecule has 0 unspecified atom stereocenters. The molecule has 1 aliphatic rings. The molecule has 0 atom stereocenters. The van der Waals surface area contributed by atoms with Gasteiger partial charge in [-0.1, -0.05) is 18.2 Å². The average molecular weight is 401 g/mol. The topological polar surface area (TPSA) is 62.2 Å². The Morgan fingerprint density at radius 1 is 0.966 bits per heavy atom. The summed E-state index contributed by atoms with van der Waals surface area (Å²) >= 11 is 1.52. The number of carbonyl (C=O) groups is 1. The summed E-state index contributed by atoms with van der Waals surface area (Å²) in [5.74, 6) is 0.00940. The van der Waals surface area contributed by atoms with Gasteiger partial charge in [0.15, 0.2) is 0 Å². The molecule has 0 spiro atoms. The van der Waals surface area contributed by atoms with E-state index in [4.69, 9.17) is 0 Å². The van der Waals surface area contributed by atoms with Crippen LogP contribution in [0.5, 0.6) is 5.75 Å². The Morgan fingerprint density at radius 3 is 2.66 bits per heavy atom. The van der Waals surface area contributed by atoms with Crippen LogP contribution in [-0.4, -0.2) is 16.0 Å². The fourth-order valence-electron chi connectivity index (χ4n) is 3.85. The number of hydrogen-bond donors (Lipinski definition) is 2. The van der Waals surface area contributed by atoms with Crippen molar-refractivity contribution in [3.63, 3.8) is 0 Å². The minimum Gasteiger partial charge on any atom is -0.507 e. The number of anilines is 1. The Bertz CT molecular complexity index is 1200. The van der Waals surface area contributed by atoms with Crippen molar-refractivity contribution < 1.29 is 9.90 Å². The Morgan fingerprint density at radius 2 is 1.79 bits per heavy atom. The molecule has 1 aliphatic carbocycles. The predicted octanol–water partition coefficient (Wildman–Crippen LogP) is 5.80. The van der Waals surface area contributed by atoms with Crippen LogP contribution in [0.4, 0.5) is 5.69 Å². The van der Waals surface area contributed by atoms with Crippen LogP contribution in [-0.2, 0) is 12.8 Å². The predicted molar refractivity (Wildman–Crippen MR) is 118 cm³/mol. The van der Waals surface area contributed by atoms with Crippen LogP contribution in [0.2, 0.25) is 0 Å². The SMILES string of the molecule is O=C(Nc1ccc(O)c(-c2nc3ccccc3s2)c1)c1ccc2c(c1)CCCC2. The zero-order chi connectivity index (χ0) is 19.8. The first-order valence-electron chi connectivity index (χ1n) is 9.79. The molecule has 4 nitrogen and oxygen atoms in total. The van der Waals surface area contributed by atoms with Crippen molar-refractivity contribution in [3.05, 3.63) is 77.4 Å². The van der Waals surface area contributed by atoms with Crippen molar-refractivity contribution in [3.8, 4) is 16.3 Å². The number of nitrogens with one attached hydrogen (secondary N) is 1. The van der Waals surface area contributed by atoms with Gasteiger partial charge in [0, 0.05) is 11.3 Å². The number of carbonyl (C=O) groups excluding carboxylic acids is 1. The van der Waals surface area contributed by atoms with E-state index in [2.05, 4.69) is 16.4 Å². The number of fused-ring (bicyclic) bond motifs is 2. The van der Waals surface area contributed by atoms with Crippen LogP contribution in [0.1, 0.15) is 34.3 Å². The fourth-order valence-corrected chi connectivity index (χ4v) is 4.84. The Balaban J connectivity index is 1.43. The minimum atomic E-state index is -0.140. The van der Waals surface area contributed by atoms with E-state index >= 15 is 0 Å². The molecular formula is C24H20N2O2S. The first-order valence-corrected chi connectivity index (χ1v) is 10.6. The summed E-state index contributed by atoms with van der Waals surface area (Å²) in [7, 11) is 0. The maximum absolute atomic E-state index is 12.8. The largest absolute Gasteiger partial charge is 0.507 e. The third kappa shape index (κ3) is 3.49. The van der Waals surface area contributed by atoms with Gasteiger partial charge in [-0.25, -0.2) is 4.98 Å². The molecule has 0 radical (unpaired) electrons. The first-order chi connectivity index (χ1) is 14.2. The molecule has 5 rings (SSSR count). The standard InChI is InChI=1S/C24H20N2O2S/c27-21-12-11-18(14-19(21)24-26-20-7-3-4-8-22(20)29-24)25-23(28)17-10-9-15-5-1-2-6-16(15)13-17/h3-4,7-14,27H,1-2,5-6H2,(H,25,28). The van der Waals surface area contributed by atoms with Gasteiger partial charge in [-0.15, -0.1) is 11.3 Å². The van der Waals surface area contributed by atoms with Gasteiger partial charge in [0.25, 0.3) is 5.91 Å². The molecule has 1 amide bonds. The molecule has 0 saturated carbocycles. The Kier molecular flexibility index (Phi) is 4.52. The lowest BCUT2D eigenvalue weighted by molar-refractivity contribution is 0.102. The molecular weight excluding hydrogens is 380 g/mol. The second kappa shape index (κ2) is 7.33. The third-order valence-corrected chi connectivity index (χ3v) is 6.46. The van der Waals surface area contributed by atoms with E-state index in [1.807, 2.05) is 36.4 Å². The summed E-state index contributed by atoms with van der Waals surface area (Å²) in [6.07, 6.45) is 4.54. The van der Waals surface area contributed by atoms with E-state index in [1.54, 1.807) is 18.2 Å². The van der Waals surface area contributed by atoms with Gasteiger partial charge < -0.3 is 10.4 Å². The monoisotopic (exact) mass is 400 g/mol. The number of aromatic hydroxyl groups is 1. The lowest BCUT2D eigenvalue weighted by Gasteiger charge is -2.16. The van der Waals surface area contributed by atoms with Crippen LogP contribution in [0.25, 0.3) is 20.8 Å². The Labute approximate surface area is 172 Å². The quantitative estimate of drug-likeness (QED) is 0.427. The van der Waals surface area contributed by atoms with Crippen molar-refractivity contribution in [2.24, 2.45) is 0 Å². The summed E-state index contributed by atoms with van der Waals surface area (Å²) in [6, 6.07) is 19.0. The fraction of sp³-hybridized carbons (Fsp3) is 0.167. The number of aryl methyl sites for hydroxylation is 2. The summed E-state index contributed by atoms with van der Waals surface area (Å²) in [4.78, 5) is 17.4. The van der Waals surface area contributed by atoms with Gasteiger partial charge in [-0.05, 0) is 79.3 Å². The maximum Gasteiger partial charge on any atom is 0.255 e. The van der Waals surface area contributed by atoms with E-state index in [0.717, 1.165) is 28.1 Å². The van der Waals surface area contributed by atoms with E-state index in [-0.39, 0.29) is 11.7 Å². The average Bonchev–Trinajstić information content (AvgIpc) is 3.18. The first kappa shape index (κ1) is 17.9. The normalized spacial score (nSPS) is 13.2. The number of para-hydroxylation sites is 1. The molecule has 144 valence electrons. The maximum atomic E-state index is 12.8. The number of benzene rings is 3. The number of nitrogens with zero attached hydrogens (tertiary/aromatic N) is 1. The highest BCUT2D eigenvalue weighted by Crippen LogP contribution is 2.36. The van der Waals surface area contributed by atoms with Crippen LogP contribution >= 0.6 is 11.3 Å². The molecule has 3 aromatic carbocycles. The number of hydrogen-bond acceptors (Lipinski definition) is 4. The third-order valence-electron chi connectivity index (χ3n) is 5.39. The summed E-state index contributed by atoms with van der Waals surface area (Å²) in [5, 5.41) is 14.0. The molecule has 4 aromatic rings. The number of rotatable bonds is 3. The van der Waals surface area contributed by atoms with Gasteiger partial charge in [0.1, 0.15) is 10.8 Å². The molecule has 0 fully saturated rings. The van der Waals surface area contributed by atoms with Gasteiger partial charge in [0.2, 0.25) is 0 Å². The van der Waals surface area contributed by atoms with Crippen molar-refractivity contribution >= 4 is 33.1 Å². The number of amides is 1.